The number of allylic oxidation sites excluding steroid dienone is 2. The fraction of sp³-hybridized carbons (Fsp3) is 0.128. The van der Waals surface area contributed by atoms with Gasteiger partial charge in [0.25, 0.3) is 0 Å². The summed E-state index contributed by atoms with van der Waals surface area (Å²) in [4.78, 5) is 0. The van der Waals surface area contributed by atoms with Gasteiger partial charge in [0, 0.05) is 10.6 Å². The van der Waals surface area contributed by atoms with Gasteiger partial charge in [-0.1, -0.05) is 110 Å². The minimum Gasteiger partial charge on any atom is -0.309 e. The molecule has 1 aliphatic carbocycles. The van der Waals surface area contributed by atoms with Gasteiger partial charge in [-0.05, 0) is 108 Å². The predicted molar refractivity (Wildman–Crippen MR) is 178 cm³/mol. The topological polar surface area (TPSA) is 17.1 Å². The van der Waals surface area contributed by atoms with Crippen LogP contribution in [0, 0.1) is 0 Å². The maximum Gasteiger partial charge on any atom is 0.168 e. The standard InChI is InChI=1S/C39H29OP/c40-41(31-11-3-1-2-4-12-31,34-23-19-29-15-13-25-7-5-9-27-17-21-32(34)38(29)36(25)27)35-24-20-30-16-14-26-8-6-10-28-18-22-33(35)39(30)37(26)28/h5-11,13-24H,1-4,12H2. The summed E-state index contributed by atoms with van der Waals surface area (Å²) in [6.07, 6.45) is 7.67. The van der Waals surface area contributed by atoms with Crippen LogP contribution in [0.2, 0.25) is 0 Å². The molecule has 0 bridgehead atoms. The van der Waals surface area contributed by atoms with E-state index in [0.717, 1.165) is 46.0 Å². The molecule has 1 nitrogen and oxygen atoms in total. The summed E-state index contributed by atoms with van der Waals surface area (Å²) in [5.74, 6) is 0. The summed E-state index contributed by atoms with van der Waals surface area (Å²) >= 11 is 0. The van der Waals surface area contributed by atoms with Gasteiger partial charge in [-0.15, -0.1) is 0 Å². The molecule has 9 rings (SSSR count). The minimum atomic E-state index is -3.18. The van der Waals surface area contributed by atoms with Crippen molar-refractivity contribution < 1.29 is 4.57 Å². The third-order valence-corrected chi connectivity index (χ3v) is 13.0. The molecule has 196 valence electrons. The number of benzene rings is 8. The van der Waals surface area contributed by atoms with Crippen molar-refractivity contribution in [2.75, 3.05) is 0 Å². The van der Waals surface area contributed by atoms with Gasteiger partial charge >= 0.3 is 0 Å². The first-order valence-electron chi connectivity index (χ1n) is 14.9. The SMILES string of the molecule is O=P(C1=CCCCCC1)(c1ccc2ccc3cccc4ccc1c2c34)c1ccc2ccc3cccc4ccc1c2c34. The first kappa shape index (κ1) is 23.5. The molecule has 41 heavy (non-hydrogen) atoms. The number of hydrogen-bond acceptors (Lipinski definition) is 1. The van der Waals surface area contributed by atoms with Crippen molar-refractivity contribution in [3.63, 3.8) is 0 Å². The molecule has 2 heteroatoms. The summed E-state index contributed by atoms with van der Waals surface area (Å²) in [5, 5.41) is 17.8. The van der Waals surface area contributed by atoms with Crippen LogP contribution in [-0.2, 0) is 4.57 Å². The smallest absolute Gasteiger partial charge is 0.168 e. The average molecular weight is 545 g/mol. The Morgan fingerprint density at radius 3 is 1.39 bits per heavy atom. The molecule has 0 atom stereocenters. The Bertz CT molecular complexity index is 2190. The highest BCUT2D eigenvalue weighted by Gasteiger charge is 2.36. The molecule has 0 saturated heterocycles. The van der Waals surface area contributed by atoms with E-state index in [4.69, 9.17) is 0 Å². The van der Waals surface area contributed by atoms with Crippen LogP contribution in [0.15, 0.2) is 121 Å². The van der Waals surface area contributed by atoms with E-state index in [9.17, 15) is 0 Å². The Morgan fingerprint density at radius 2 is 0.878 bits per heavy atom. The Labute approximate surface area is 239 Å². The Morgan fingerprint density at radius 1 is 0.439 bits per heavy atom. The van der Waals surface area contributed by atoms with Crippen LogP contribution in [0.5, 0.6) is 0 Å². The average Bonchev–Trinajstić information content (AvgIpc) is 3.32. The highest BCUT2D eigenvalue weighted by Crippen LogP contribution is 2.58. The molecule has 1 aliphatic rings. The van der Waals surface area contributed by atoms with Gasteiger partial charge in [0.2, 0.25) is 0 Å². The molecule has 0 N–H and O–H groups in total. The van der Waals surface area contributed by atoms with E-state index in [1.165, 1.54) is 66.7 Å². The monoisotopic (exact) mass is 544 g/mol. The largest absolute Gasteiger partial charge is 0.309 e. The van der Waals surface area contributed by atoms with E-state index >= 15 is 4.57 Å². The fourth-order valence-electron chi connectivity index (χ4n) is 7.71. The van der Waals surface area contributed by atoms with E-state index in [2.05, 4.69) is 115 Å². The van der Waals surface area contributed by atoms with E-state index in [1.807, 2.05) is 0 Å². The second kappa shape index (κ2) is 8.65. The Kier molecular flexibility index (Phi) is 4.96. The molecule has 8 aromatic rings. The summed E-state index contributed by atoms with van der Waals surface area (Å²) in [7, 11) is -3.18. The zero-order valence-electron chi connectivity index (χ0n) is 22.9. The molecule has 0 fully saturated rings. The molecule has 0 spiro atoms. The third-order valence-electron chi connectivity index (χ3n) is 9.61. The van der Waals surface area contributed by atoms with Gasteiger partial charge in [-0.25, -0.2) is 0 Å². The maximum atomic E-state index is 16.3. The first-order valence-corrected chi connectivity index (χ1v) is 16.6. The zero-order valence-corrected chi connectivity index (χ0v) is 23.8. The number of hydrogen-bond donors (Lipinski definition) is 0. The summed E-state index contributed by atoms with van der Waals surface area (Å²) in [6, 6.07) is 39.7. The van der Waals surface area contributed by atoms with E-state index in [0.29, 0.717) is 0 Å². The van der Waals surface area contributed by atoms with Crippen LogP contribution in [-0.4, -0.2) is 0 Å². The summed E-state index contributed by atoms with van der Waals surface area (Å²) < 4.78 is 16.3. The lowest BCUT2D eigenvalue weighted by atomic mass is 9.94. The highest BCUT2D eigenvalue weighted by atomic mass is 31.2. The van der Waals surface area contributed by atoms with Gasteiger partial charge in [0.1, 0.15) is 0 Å². The Hall–Kier alpha value is -4.19. The second-order valence-corrected chi connectivity index (χ2v) is 14.5. The van der Waals surface area contributed by atoms with Gasteiger partial charge in [0.05, 0.1) is 0 Å². The van der Waals surface area contributed by atoms with Crippen LogP contribution < -0.4 is 10.6 Å². The Balaban J connectivity index is 1.44. The molecule has 0 aliphatic heterocycles. The van der Waals surface area contributed by atoms with Crippen LogP contribution in [0.1, 0.15) is 32.1 Å². The molecular weight excluding hydrogens is 515 g/mol. The minimum absolute atomic E-state index is 0.890. The molecule has 0 aromatic heterocycles. The summed E-state index contributed by atoms with van der Waals surface area (Å²) in [6.45, 7) is 0. The van der Waals surface area contributed by atoms with Crippen molar-refractivity contribution in [1.82, 2.24) is 0 Å². The predicted octanol–water partition coefficient (Wildman–Crippen LogP) is 10.6. The lowest BCUT2D eigenvalue weighted by Gasteiger charge is -2.27. The van der Waals surface area contributed by atoms with Crippen molar-refractivity contribution in [3.8, 4) is 0 Å². The molecule has 0 radical (unpaired) electrons. The lowest BCUT2D eigenvalue weighted by Crippen LogP contribution is -2.20. The maximum absolute atomic E-state index is 16.3. The molecule has 0 heterocycles. The van der Waals surface area contributed by atoms with Crippen molar-refractivity contribution in [3.05, 3.63) is 121 Å². The zero-order chi connectivity index (χ0) is 27.1. The first-order chi connectivity index (χ1) is 20.2. The van der Waals surface area contributed by atoms with Crippen molar-refractivity contribution >= 4 is 82.4 Å². The normalized spacial score (nSPS) is 15.1. The molecule has 0 unspecified atom stereocenters. The van der Waals surface area contributed by atoms with E-state index in [-0.39, 0.29) is 0 Å². The van der Waals surface area contributed by atoms with Crippen molar-refractivity contribution in [2.24, 2.45) is 0 Å². The van der Waals surface area contributed by atoms with Crippen LogP contribution >= 0.6 is 7.14 Å². The van der Waals surface area contributed by atoms with E-state index < -0.39 is 7.14 Å². The summed E-state index contributed by atoms with van der Waals surface area (Å²) in [5.41, 5.74) is 0. The van der Waals surface area contributed by atoms with Gasteiger partial charge in [0.15, 0.2) is 7.14 Å². The van der Waals surface area contributed by atoms with Gasteiger partial charge < -0.3 is 4.57 Å². The van der Waals surface area contributed by atoms with Crippen LogP contribution in [0.25, 0.3) is 64.6 Å². The molecule has 8 aromatic carbocycles. The quantitative estimate of drug-likeness (QED) is 0.160. The van der Waals surface area contributed by atoms with E-state index in [1.54, 1.807) is 0 Å². The van der Waals surface area contributed by atoms with Crippen LogP contribution in [0.4, 0.5) is 0 Å². The molecular formula is C39H29OP. The van der Waals surface area contributed by atoms with Gasteiger partial charge in [-0.3, -0.25) is 0 Å². The van der Waals surface area contributed by atoms with Crippen LogP contribution in [0.3, 0.4) is 0 Å². The van der Waals surface area contributed by atoms with Gasteiger partial charge in [-0.2, -0.15) is 0 Å². The van der Waals surface area contributed by atoms with Crippen molar-refractivity contribution in [2.45, 2.75) is 32.1 Å². The number of rotatable bonds is 3. The lowest BCUT2D eigenvalue weighted by molar-refractivity contribution is 0.589. The van der Waals surface area contributed by atoms with Crippen molar-refractivity contribution in [1.29, 1.82) is 0 Å². The molecule has 0 amide bonds. The molecule has 0 saturated carbocycles. The highest BCUT2D eigenvalue weighted by molar-refractivity contribution is 7.83. The fourth-order valence-corrected chi connectivity index (χ4v) is 11.1. The third kappa shape index (κ3) is 3.22. The second-order valence-electron chi connectivity index (χ2n) is 11.8.